The van der Waals surface area contributed by atoms with Gasteiger partial charge in [0.15, 0.2) is 0 Å². The zero-order valence-corrected chi connectivity index (χ0v) is 25.6. The summed E-state index contributed by atoms with van der Waals surface area (Å²) in [6.07, 6.45) is 5.63. The maximum Gasteiger partial charge on any atom is 0.317 e. The first-order valence-corrected chi connectivity index (χ1v) is 15.5. The van der Waals surface area contributed by atoms with Crippen molar-refractivity contribution in [2.45, 2.75) is 109 Å². The molecule has 2 fully saturated rings. The molecule has 0 unspecified atom stereocenters. The summed E-state index contributed by atoms with van der Waals surface area (Å²) in [6.45, 7) is 13.5. The molecule has 0 saturated heterocycles. The maximum atomic E-state index is 14.1. The van der Waals surface area contributed by atoms with E-state index in [9.17, 15) is 9.59 Å². The van der Waals surface area contributed by atoms with Crippen LogP contribution in [0.4, 0.5) is 0 Å². The van der Waals surface area contributed by atoms with Gasteiger partial charge in [-0.3, -0.25) is 9.59 Å². The molecule has 4 nitrogen and oxygen atoms in total. The molecule has 6 atom stereocenters. The first-order chi connectivity index (χ1) is 19.0. The molecular weight excluding hydrogens is 496 g/mol. The highest BCUT2D eigenvalue weighted by molar-refractivity contribution is 6.00. The summed E-state index contributed by atoms with van der Waals surface area (Å²) in [5.41, 5.74) is 4.63. The van der Waals surface area contributed by atoms with Crippen molar-refractivity contribution < 1.29 is 19.1 Å². The van der Waals surface area contributed by atoms with Gasteiger partial charge in [-0.1, -0.05) is 90.4 Å². The molecule has 0 amide bonds. The number of carbonyl (C=O) groups is 2. The third-order valence-electron chi connectivity index (χ3n) is 10.9. The number of benzene rings is 2. The third-order valence-corrected chi connectivity index (χ3v) is 10.9. The van der Waals surface area contributed by atoms with Crippen LogP contribution in [0.25, 0.3) is 0 Å². The molecule has 0 spiro atoms. The molecule has 0 aromatic heterocycles. The number of ether oxygens (including phenoxy) is 2. The van der Waals surface area contributed by atoms with Crippen LogP contribution in [0.3, 0.4) is 0 Å². The molecule has 0 N–H and O–H groups in total. The minimum Gasteiger partial charge on any atom is -0.496 e. The minimum atomic E-state index is -0.694. The largest absolute Gasteiger partial charge is 0.496 e. The van der Waals surface area contributed by atoms with Crippen LogP contribution in [0.15, 0.2) is 42.5 Å². The molecule has 40 heavy (non-hydrogen) atoms. The average molecular weight is 545 g/mol. The summed E-state index contributed by atoms with van der Waals surface area (Å²) >= 11 is 0. The lowest BCUT2D eigenvalue weighted by atomic mass is 9.54. The lowest BCUT2D eigenvalue weighted by Gasteiger charge is -2.50. The predicted octanol–water partition coefficient (Wildman–Crippen LogP) is 7.94. The van der Waals surface area contributed by atoms with Gasteiger partial charge in [0.2, 0.25) is 0 Å². The van der Waals surface area contributed by atoms with Crippen LogP contribution in [0.2, 0.25) is 0 Å². The quantitative estimate of drug-likeness (QED) is 0.274. The van der Waals surface area contributed by atoms with E-state index in [1.165, 1.54) is 22.3 Å². The molecule has 3 aliphatic rings. The molecule has 0 radical (unpaired) electrons. The van der Waals surface area contributed by atoms with Crippen molar-refractivity contribution >= 4 is 11.8 Å². The van der Waals surface area contributed by atoms with Crippen LogP contribution in [-0.2, 0) is 31.6 Å². The molecule has 3 aliphatic carbocycles. The van der Waals surface area contributed by atoms with Gasteiger partial charge in [0, 0.05) is 12.3 Å². The van der Waals surface area contributed by atoms with Crippen LogP contribution in [0.1, 0.15) is 108 Å². The van der Waals surface area contributed by atoms with E-state index < -0.39 is 5.92 Å². The number of rotatable bonds is 6. The van der Waals surface area contributed by atoms with Gasteiger partial charge < -0.3 is 9.47 Å². The zero-order chi connectivity index (χ0) is 28.8. The second-order valence-corrected chi connectivity index (χ2v) is 14.0. The number of esters is 1. The van der Waals surface area contributed by atoms with E-state index in [4.69, 9.17) is 9.47 Å². The second kappa shape index (κ2) is 11.0. The van der Waals surface area contributed by atoms with E-state index in [-0.39, 0.29) is 40.5 Å². The average Bonchev–Trinajstić information content (AvgIpc) is 2.93. The highest BCUT2D eigenvalue weighted by Gasteiger charge is 2.54. The van der Waals surface area contributed by atoms with E-state index in [0.29, 0.717) is 18.3 Å². The lowest BCUT2D eigenvalue weighted by molar-refractivity contribution is -0.169. The third kappa shape index (κ3) is 4.90. The van der Waals surface area contributed by atoms with Gasteiger partial charge in [0.05, 0.1) is 7.11 Å². The Morgan fingerprint density at radius 1 is 1.02 bits per heavy atom. The SMILES string of the molecule is COc1c(C(C)C)ccc2c1CC[C@@H]1[C@@H](C(=O)O[C@@H]3C[C@H](C)CC[C@H]3C(C)(C)c3ccccc3)C(=O)CC[C@@]21C. The van der Waals surface area contributed by atoms with Gasteiger partial charge in [-0.05, 0) is 82.9 Å². The molecule has 0 heterocycles. The summed E-state index contributed by atoms with van der Waals surface area (Å²) in [6, 6.07) is 15.0. The van der Waals surface area contributed by atoms with Gasteiger partial charge >= 0.3 is 5.97 Å². The predicted molar refractivity (Wildman–Crippen MR) is 160 cm³/mol. The van der Waals surface area contributed by atoms with Crippen LogP contribution in [0.5, 0.6) is 5.75 Å². The van der Waals surface area contributed by atoms with Crippen molar-refractivity contribution in [2.75, 3.05) is 7.11 Å². The molecule has 5 rings (SSSR count). The number of methoxy groups -OCH3 is 1. The maximum absolute atomic E-state index is 14.1. The molecule has 0 bridgehead atoms. The Hall–Kier alpha value is -2.62. The number of hydrogen-bond acceptors (Lipinski definition) is 4. The van der Waals surface area contributed by atoms with Gasteiger partial charge in [0.1, 0.15) is 23.6 Å². The number of ketones is 1. The van der Waals surface area contributed by atoms with Gasteiger partial charge in [0.25, 0.3) is 0 Å². The fourth-order valence-electron chi connectivity index (χ4n) is 8.44. The Balaban J connectivity index is 1.44. The molecular formula is C36H48O4. The van der Waals surface area contributed by atoms with Crippen LogP contribution < -0.4 is 4.74 Å². The van der Waals surface area contributed by atoms with Gasteiger partial charge in [-0.15, -0.1) is 0 Å². The monoisotopic (exact) mass is 544 g/mol. The summed E-state index contributed by atoms with van der Waals surface area (Å²) in [5.74, 6) is 1.10. The van der Waals surface area contributed by atoms with Crippen LogP contribution >= 0.6 is 0 Å². The van der Waals surface area contributed by atoms with Crippen molar-refractivity contribution in [1.82, 2.24) is 0 Å². The highest BCUT2D eigenvalue weighted by atomic mass is 16.5. The van der Waals surface area contributed by atoms with E-state index in [1.807, 2.05) is 6.07 Å². The summed E-state index contributed by atoms with van der Waals surface area (Å²) in [4.78, 5) is 27.6. The van der Waals surface area contributed by atoms with Crippen molar-refractivity contribution in [3.63, 3.8) is 0 Å². The number of fused-ring (bicyclic) bond motifs is 3. The van der Waals surface area contributed by atoms with Gasteiger partial charge in [-0.2, -0.15) is 0 Å². The molecule has 216 valence electrons. The number of Topliss-reactive ketones (excluding diaryl/α,β-unsaturated/α-hetero) is 1. The number of hydrogen-bond donors (Lipinski definition) is 0. The standard InChI is InChI=1S/C36H48O4/c1-22(2)25-14-17-27-26(33(25)39-7)15-18-29-32(30(37)19-20-36(27,29)6)34(38)40-31-21-23(3)13-16-28(31)35(4,5)24-11-9-8-10-12-24/h8-12,14,17,22-23,28-29,31-32H,13,15-16,18-21H2,1-7H3/t23-,28-,29-,31-,32-,36+/m1/s1. The van der Waals surface area contributed by atoms with Crippen LogP contribution in [-0.4, -0.2) is 25.0 Å². The number of carbonyl (C=O) groups excluding carboxylic acids is 2. The molecule has 2 aromatic carbocycles. The molecule has 2 saturated carbocycles. The smallest absolute Gasteiger partial charge is 0.317 e. The molecule has 0 aliphatic heterocycles. The fourth-order valence-corrected chi connectivity index (χ4v) is 8.44. The van der Waals surface area contributed by atoms with Crippen molar-refractivity contribution in [1.29, 1.82) is 0 Å². The Labute approximate surface area is 241 Å². The van der Waals surface area contributed by atoms with E-state index in [0.717, 1.165) is 44.3 Å². The van der Waals surface area contributed by atoms with Crippen molar-refractivity contribution in [3.8, 4) is 5.75 Å². The summed E-state index contributed by atoms with van der Waals surface area (Å²) in [7, 11) is 1.76. The topological polar surface area (TPSA) is 52.6 Å². The summed E-state index contributed by atoms with van der Waals surface area (Å²) in [5, 5.41) is 0. The summed E-state index contributed by atoms with van der Waals surface area (Å²) < 4.78 is 12.4. The lowest BCUT2D eigenvalue weighted by Crippen LogP contribution is -2.52. The highest BCUT2D eigenvalue weighted by Crippen LogP contribution is 2.54. The van der Waals surface area contributed by atoms with E-state index >= 15 is 0 Å². The Bertz CT molecular complexity index is 1240. The Kier molecular flexibility index (Phi) is 7.94. The van der Waals surface area contributed by atoms with E-state index in [1.54, 1.807) is 7.11 Å². The first kappa shape index (κ1) is 28.9. The Morgan fingerprint density at radius 2 is 1.75 bits per heavy atom. The van der Waals surface area contributed by atoms with Crippen molar-refractivity contribution in [3.05, 3.63) is 64.7 Å². The van der Waals surface area contributed by atoms with Crippen LogP contribution in [0, 0.1) is 23.7 Å². The van der Waals surface area contributed by atoms with Gasteiger partial charge in [-0.25, -0.2) is 0 Å². The van der Waals surface area contributed by atoms with E-state index in [2.05, 4.69) is 77.9 Å². The molecule has 4 heteroatoms. The first-order valence-electron chi connectivity index (χ1n) is 15.5. The normalized spacial score (nSPS) is 30.4. The second-order valence-electron chi connectivity index (χ2n) is 14.0. The zero-order valence-electron chi connectivity index (χ0n) is 25.6. The fraction of sp³-hybridized carbons (Fsp3) is 0.611. The molecule has 2 aromatic rings. The Morgan fingerprint density at radius 3 is 2.42 bits per heavy atom. The minimum absolute atomic E-state index is 0.0510. The van der Waals surface area contributed by atoms with Crippen molar-refractivity contribution in [2.24, 2.45) is 23.7 Å².